The lowest BCUT2D eigenvalue weighted by atomic mass is 10.3. The average molecular weight is 276 g/mol. The summed E-state index contributed by atoms with van der Waals surface area (Å²) < 4.78 is 36.8. The van der Waals surface area contributed by atoms with Crippen molar-refractivity contribution in [3.8, 4) is 0 Å². The van der Waals surface area contributed by atoms with Gasteiger partial charge in [-0.2, -0.15) is 0 Å². The molecular weight excluding hydrogens is 260 g/mol. The van der Waals surface area contributed by atoms with E-state index in [0.29, 0.717) is 17.9 Å². The first-order valence-corrected chi connectivity index (χ1v) is 8.28. The van der Waals surface area contributed by atoms with E-state index in [2.05, 4.69) is 4.72 Å². The van der Waals surface area contributed by atoms with Crippen LogP contribution in [0.4, 0.5) is 5.69 Å². The summed E-state index contributed by atoms with van der Waals surface area (Å²) in [6, 6.07) is 6.10. The highest BCUT2D eigenvalue weighted by molar-refractivity contribution is 7.89. The third kappa shape index (κ3) is 4.84. The highest BCUT2D eigenvalue weighted by Crippen LogP contribution is 2.12. The number of rotatable bonds is 6. The standard InChI is InChI=1S/C10H16N2O3S2/c1-16(13)7-3-6-12-17(14,15)10-5-2-4-9(11)8-10/h2,4-5,8,12H,3,6-7,11H2,1H3. The molecule has 0 fully saturated rings. The molecule has 1 rings (SSSR count). The molecular formula is C10H16N2O3S2. The van der Waals surface area contributed by atoms with Crippen molar-refractivity contribution >= 4 is 26.5 Å². The van der Waals surface area contributed by atoms with Crippen molar-refractivity contribution in [2.45, 2.75) is 11.3 Å². The predicted octanol–water partition coefficient (Wildman–Crippen LogP) is 0.316. The molecule has 0 spiro atoms. The van der Waals surface area contributed by atoms with Crippen molar-refractivity contribution < 1.29 is 12.6 Å². The molecule has 0 saturated carbocycles. The Hall–Kier alpha value is -0.920. The van der Waals surface area contributed by atoms with Crippen molar-refractivity contribution in [2.24, 2.45) is 0 Å². The fraction of sp³-hybridized carbons (Fsp3) is 0.400. The van der Waals surface area contributed by atoms with Crippen LogP contribution in [0.3, 0.4) is 0 Å². The molecule has 0 bridgehead atoms. The third-order valence-corrected chi connectivity index (χ3v) is 4.39. The monoisotopic (exact) mass is 276 g/mol. The van der Waals surface area contributed by atoms with E-state index < -0.39 is 20.8 Å². The van der Waals surface area contributed by atoms with E-state index in [-0.39, 0.29) is 11.4 Å². The van der Waals surface area contributed by atoms with Gasteiger partial charge in [-0.3, -0.25) is 4.21 Å². The molecule has 1 atom stereocenters. The minimum atomic E-state index is -3.51. The van der Waals surface area contributed by atoms with Crippen LogP contribution in [0.2, 0.25) is 0 Å². The molecule has 0 aliphatic rings. The molecule has 7 heteroatoms. The first kappa shape index (κ1) is 14.1. The van der Waals surface area contributed by atoms with Crippen LogP contribution in [0, 0.1) is 0 Å². The Balaban J connectivity index is 2.60. The van der Waals surface area contributed by atoms with Gasteiger partial charge in [-0.15, -0.1) is 0 Å². The Bertz CT molecular complexity index is 500. The van der Waals surface area contributed by atoms with Gasteiger partial charge in [-0.1, -0.05) is 6.07 Å². The molecule has 1 aromatic rings. The molecule has 17 heavy (non-hydrogen) atoms. The highest BCUT2D eigenvalue weighted by Gasteiger charge is 2.12. The summed E-state index contributed by atoms with van der Waals surface area (Å²) in [6.07, 6.45) is 2.14. The summed E-state index contributed by atoms with van der Waals surface area (Å²) in [4.78, 5) is 0.148. The second-order valence-electron chi connectivity index (χ2n) is 3.60. The Kier molecular flexibility index (Phi) is 5.10. The average Bonchev–Trinajstić information content (AvgIpc) is 2.24. The largest absolute Gasteiger partial charge is 0.399 e. The maximum Gasteiger partial charge on any atom is 0.240 e. The zero-order valence-corrected chi connectivity index (χ0v) is 11.2. The topological polar surface area (TPSA) is 89.3 Å². The Morgan fingerprint density at radius 1 is 1.41 bits per heavy atom. The SMILES string of the molecule is CS(=O)CCCNS(=O)(=O)c1cccc(N)c1. The summed E-state index contributed by atoms with van der Waals surface area (Å²) in [7, 11) is -4.41. The smallest absolute Gasteiger partial charge is 0.240 e. The maximum absolute atomic E-state index is 11.8. The lowest BCUT2D eigenvalue weighted by Crippen LogP contribution is -2.25. The van der Waals surface area contributed by atoms with Gasteiger partial charge in [-0.05, 0) is 24.6 Å². The first-order chi connectivity index (χ1) is 7.92. The zero-order chi connectivity index (χ0) is 12.9. The second kappa shape index (κ2) is 6.13. The minimum Gasteiger partial charge on any atom is -0.399 e. The van der Waals surface area contributed by atoms with E-state index in [1.54, 1.807) is 18.4 Å². The van der Waals surface area contributed by atoms with Crippen LogP contribution in [0.15, 0.2) is 29.2 Å². The molecule has 96 valence electrons. The normalized spacial score (nSPS) is 13.5. The maximum atomic E-state index is 11.8. The van der Waals surface area contributed by atoms with Gasteiger partial charge in [0, 0.05) is 35.0 Å². The van der Waals surface area contributed by atoms with Gasteiger partial charge in [0.25, 0.3) is 0 Å². The van der Waals surface area contributed by atoms with Crippen LogP contribution in [-0.4, -0.2) is 31.2 Å². The molecule has 1 aromatic carbocycles. The van der Waals surface area contributed by atoms with Gasteiger partial charge < -0.3 is 5.73 Å². The quantitative estimate of drug-likeness (QED) is 0.578. The molecule has 0 radical (unpaired) electrons. The molecule has 0 amide bonds. The summed E-state index contributed by atoms with van der Waals surface area (Å²) >= 11 is 0. The Morgan fingerprint density at radius 3 is 2.71 bits per heavy atom. The fourth-order valence-corrected chi connectivity index (χ4v) is 2.93. The molecule has 0 aromatic heterocycles. The van der Waals surface area contributed by atoms with Gasteiger partial charge in [-0.25, -0.2) is 13.1 Å². The lowest BCUT2D eigenvalue weighted by Gasteiger charge is -2.06. The van der Waals surface area contributed by atoms with Crippen molar-refractivity contribution in [1.82, 2.24) is 4.72 Å². The molecule has 0 heterocycles. The van der Waals surface area contributed by atoms with Gasteiger partial charge in [0.1, 0.15) is 0 Å². The van der Waals surface area contributed by atoms with Crippen LogP contribution < -0.4 is 10.5 Å². The van der Waals surface area contributed by atoms with Crippen LogP contribution in [0.25, 0.3) is 0 Å². The summed E-state index contributed by atoms with van der Waals surface area (Å²) in [5, 5.41) is 0. The summed E-state index contributed by atoms with van der Waals surface area (Å²) in [6.45, 7) is 0.275. The minimum absolute atomic E-state index is 0.148. The Morgan fingerprint density at radius 2 is 2.12 bits per heavy atom. The van der Waals surface area contributed by atoms with Crippen LogP contribution in [-0.2, 0) is 20.8 Å². The number of hydrogen-bond donors (Lipinski definition) is 2. The summed E-state index contributed by atoms with van der Waals surface area (Å²) in [5.74, 6) is 0.486. The van der Waals surface area contributed by atoms with E-state index in [4.69, 9.17) is 5.73 Å². The van der Waals surface area contributed by atoms with Crippen LogP contribution >= 0.6 is 0 Å². The van der Waals surface area contributed by atoms with Crippen molar-refractivity contribution in [3.63, 3.8) is 0 Å². The number of sulfonamides is 1. The van der Waals surface area contributed by atoms with E-state index >= 15 is 0 Å². The van der Waals surface area contributed by atoms with E-state index in [0.717, 1.165) is 0 Å². The number of nitrogens with two attached hydrogens (primary N) is 1. The van der Waals surface area contributed by atoms with E-state index in [9.17, 15) is 12.6 Å². The zero-order valence-electron chi connectivity index (χ0n) is 9.55. The van der Waals surface area contributed by atoms with Gasteiger partial charge in [0.05, 0.1) is 4.90 Å². The van der Waals surface area contributed by atoms with Crippen LogP contribution in [0.1, 0.15) is 6.42 Å². The molecule has 1 unspecified atom stereocenters. The number of hydrogen-bond acceptors (Lipinski definition) is 4. The molecule has 3 N–H and O–H groups in total. The first-order valence-electron chi connectivity index (χ1n) is 5.07. The fourth-order valence-electron chi connectivity index (χ4n) is 1.25. The van der Waals surface area contributed by atoms with Crippen molar-refractivity contribution in [2.75, 3.05) is 24.3 Å². The lowest BCUT2D eigenvalue weighted by molar-refractivity contribution is 0.580. The summed E-state index contributed by atoms with van der Waals surface area (Å²) in [5.41, 5.74) is 5.92. The van der Waals surface area contributed by atoms with E-state index in [1.165, 1.54) is 12.1 Å². The highest BCUT2D eigenvalue weighted by atomic mass is 32.2. The van der Waals surface area contributed by atoms with Crippen LogP contribution in [0.5, 0.6) is 0 Å². The van der Waals surface area contributed by atoms with Crippen molar-refractivity contribution in [1.29, 1.82) is 0 Å². The molecule has 0 aliphatic carbocycles. The predicted molar refractivity (Wildman–Crippen MR) is 69.6 cm³/mol. The van der Waals surface area contributed by atoms with E-state index in [1.807, 2.05) is 0 Å². The Labute approximate surface area is 104 Å². The molecule has 0 saturated heterocycles. The van der Waals surface area contributed by atoms with Gasteiger partial charge in [0.15, 0.2) is 0 Å². The number of nitrogen functional groups attached to an aromatic ring is 1. The number of benzene rings is 1. The molecule has 5 nitrogen and oxygen atoms in total. The third-order valence-electron chi connectivity index (χ3n) is 2.07. The van der Waals surface area contributed by atoms with Crippen molar-refractivity contribution in [3.05, 3.63) is 24.3 Å². The molecule has 0 aliphatic heterocycles. The number of anilines is 1. The van der Waals surface area contributed by atoms with Gasteiger partial charge >= 0.3 is 0 Å². The van der Waals surface area contributed by atoms with Gasteiger partial charge in [0.2, 0.25) is 10.0 Å². The second-order valence-corrected chi connectivity index (χ2v) is 6.92. The number of nitrogens with one attached hydrogen (secondary N) is 1.